The first-order valence-corrected chi connectivity index (χ1v) is 12.4. The van der Waals surface area contributed by atoms with Crippen LogP contribution in [0.1, 0.15) is 73.1 Å². The monoisotopic (exact) mass is 444 g/mol. The first-order chi connectivity index (χ1) is 14.9. The lowest BCUT2D eigenvalue weighted by atomic mass is 9.61. The lowest BCUT2D eigenvalue weighted by molar-refractivity contribution is -0.00211. The normalized spacial score (nSPS) is 40.8. The summed E-state index contributed by atoms with van der Waals surface area (Å²) in [6.45, 7) is 14.5. The molecule has 3 aliphatic carbocycles. The minimum Gasteiger partial charge on any atom is -0.390 e. The molecule has 3 fully saturated rings. The second kappa shape index (κ2) is 9.58. The zero-order chi connectivity index (χ0) is 23.8. The molecule has 180 valence electrons. The Balaban J connectivity index is 1.79. The van der Waals surface area contributed by atoms with E-state index in [-0.39, 0.29) is 17.8 Å². The number of aliphatic hydroxyl groups excluding tert-OH is 3. The Morgan fingerprint density at radius 2 is 1.78 bits per heavy atom. The van der Waals surface area contributed by atoms with E-state index in [1.807, 2.05) is 19.9 Å². The molecule has 0 aromatic rings. The minimum atomic E-state index is -0.989. The molecule has 0 aromatic carbocycles. The molecule has 3 rings (SSSR count). The Hall–Kier alpha value is -1.20. The number of aliphatic hydroxyl groups is 4. The predicted octanol–water partition coefficient (Wildman–Crippen LogP) is 4.70. The van der Waals surface area contributed by atoms with Crippen LogP contribution in [-0.2, 0) is 0 Å². The van der Waals surface area contributed by atoms with Crippen molar-refractivity contribution in [2.24, 2.45) is 29.1 Å². The maximum Gasteiger partial charge on any atom is 0.105 e. The molecule has 4 heteroatoms. The van der Waals surface area contributed by atoms with Crippen LogP contribution in [-0.4, -0.2) is 44.3 Å². The van der Waals surface area contributed by atoms with E-state index in [4.69, 9.17) is 0 Å². The number of hydrogen-bond acceptors (Lipinski definition) is 4. The molecule has 8 atom stereocenters. The van der Waals surface area contributed by atoms with Gasteiger partial charge in [-0.15, -0.1) is 0 Å². The Morgan fingerprint density at radius 1 is 1.09 bits per heavy atom. The van der Waals surface area contributed by atoms with E-state index in [2.05, 4.69) is 45.6 Å². The van der Waals surface area contributed by atoms with Gasteiger partial charge in [-0.25, -0.2) is 0 Å². The van der Waals surface area contributed by atoms with Gasteiger partial charge >= 0.3 is 0 Å². The second-order valence-electron chi connectivity index (χ2n) is 11.4. The Bertz CT molecular complexity index is 786. The van der Waals surface area contributed by atoms with Crippen molar-refractivity contribution in [2.75, 3.05) is 0 Å². The van der Waals surface area contributed by atoms with Gasteiger partial charge in [0.1, 0.15) is 6.10 Å². The Labute approximate surface area is 194 Å². The molecule has 0 amide bonds. The topological polar surface area (TPSA) is 80.9 Å². The lowest BCUT2D eigenvalue weighted by Gasteiger charge is -2.44. The number of allylic oxidation sites excluding steroid dienone is 4. The van der Waals surface area contributed by atoms with Gasteiger partial charge in [-0.1, -0.05) is 57.2 Å². The van der Waals surface area contributed by atoms with Crippen molar-refractivity contribution in [3.8, 4) is 0 Å². The third kappa shape index (κ3) is 4.99. The third-order valence-corrected chi connectivity index (χ3v) is 8.89. The molecule has 0 bridgehead atoms. The van der Waals surface area contributed by atoms with Gasteiger partial charge in [-0.2, -0.15) is 0 Å². The molecule has 0 radical (unpaired) electrons. The predicted molar refractivity (Wildman–Crippen MR) is 130 cm³/mol. The van der Waals surface area contributed by atoms with E-state index in [0.29, 0.717) is 28.9 Å². The number of rotatable bonds is 5. The van der Waals surface area contributed by atoms with Crippen molar-refractivity contribution in [3.63, 3.8) is 0 Å². The van der Waals surface area contributed by atoms with Crippen molar-refractivity contribution >= 4 is 0 Å². The van der Waals surface area contributed by atoms with Gasteiger partial charge < -0.3 is 20.4 Å². The summed E-state index contributed by atoms with van der Waals surface area (Å²) in [5, 5.41) is 40.9. The molecule has 32 heavy (non-hydrogen) atoms. The van der Waals surface area contributed by atoms with Crippen molar-refractivity contribution in [1.29, 1.82) is 0 Å². The summed E-state index contributed by atoms with van der Waals surface area (Å²) in [7, 11) is 0. The third-order valence-electron chi connectivity index (χ3n) is 8.89. The summed E-state index contributed by atoms with van der Waals surface area (Å²) >= 11 is 0. The maximum atomic E-state index is 10.4. The first-order valence-electron chi connectivity index (χ1n) is 12.4. The molecular formula is C28H44O4. The molecular weight excluding hydrogens is 400 g/mol. The Kier molecular flexibility index (Phi) is 7.61. The highest BCUT2D eigenvalue weighted by molar-refractivity contribution is 5.41. The van der Waals surface area contributed by atoms with E-state index >= 15 is 0 Å². The summed E-state index contributed by atoms with van der Waals surface area (Å²) in [5.74, 6) is 1.69. The smallest absolute Gasteiger partial charge is 0.105 e. The molecule has 0 unspecified atom stereocenters. The van der Waals surface area contributed by atoms with Crippen molar-refractivity contribution in [3.05, 3.63) is 47.6 Å². The second-order valence-corrected chi connectivity index (χ2v) is 11.4. The zero-order valence-corrected chi connectivity index (χ0v) is 20.6. The highest BCUT2D eigenvalue weighted by atomic mass is 16.3. The van der Waals surface area contributed by atoms with Gasteiger partial charge in [-0.3, -0.25) is 0 Å². The summed E-state index contributed by atoms with van der Waals surface area (Å²) in [6, 6.07) is 0. The van der Waals surface area contributed by atoms with E-state index in [1.165, 1.54) is 24.8 Å². The summed E-state index contributed by atoms with van der Waals surface area (Å²) in [5.41, 5.74) is 2.03. The van der Waals surface area contributed by atoms with E-state index < -0.39 is 23.9 Å². The zero-order valence-electron chi connectivity index (χ0n) is 20.6. The fourth-order valence-corrected chi connectivity index (χ4v) is 6.35. The van der Waals surface area contributed by atoms with Crippen LogP contribution in [0.4, 0.5) is 0 Å². The standard InChI is InChI=1S/C28H44O4/c1-17(9-10-18(2)27(4,5)32)22-13-14-23-20(8-7-15-28(22,23)6)11-12-21-19(3)24(29)16-25(30)26(21)31/h9-12,17-18,22-26,29-32H,3,7-8,13-16H2,1-2,4-6H3/b10-9?,20-11+,21-12-/t17-,18+,22-,23+,24+,25+,26-,28-/m1/s1. The van der Waals surface area contributed by atoms with E-state index in [9.17, 15) is 20.4 Å². The van der Waals surface area contributed by atoms with Gasteiger partial charge in [0.2, 0.25) is 0 Å². The van der Waals surface area contributed by atoms with Crippen LogP contribution < -0.4 is 0 Å². The van der Waals surface area contributed by atoms with Crippen molar-refractivity contribution in [1.82, 2.24) is 0 Å². The largest absolute Gasteiger partial charge is 0.390 e. The lowest BCUT2D eigenvalue weighted by Crippen LogP contribution is -2.39. The van der Waals surface area contributed by atoms with Crippen LogP contribution in [0.3, 0.4) is 0 Å². The molecule has 0 aromatic heterocycles. The summed E-state index contributed by atoms with van der Waals surface area (Å²) in [4.78, 5) is 0. The average Bonchev–Trinajstić information content (AvgIpc) is 3.07. The minimum absolute atomic E-state index is 0.115. The van der Waals surface area contributed by atoms with Crippen LogP contribution in [0.2, 0.25) is 0 Å². The van der Waals surface area contributed by atoms with Crippen molar-refractivity contribution in [2.45, 2.75) is 97.1 Å². The van der Waals surface area contributed by atoms with Gasteiger partial charge in [-0.05, 0) is 80.3 Å². The molecule has 4 N–H and O–H groups in total. The maximum absolute atomic E-state index is 10.4. The van der Waals surface area contributed by atoms with E-state index in [1.54, 1.807) is 0 Å². The van der Waals surface area contributed by atoms with Crippen LogP contribution >= 0.6 is 0 Å². The first kappa shape index (κ1) is 25.4. The SMILES string of the molecule is C=C1/C(=C/C=C2\CCC[C@]3(C)[C@@H]([C@H](C)C=C[C@H](C)C(C)(C)O)CC[C@@H]23)[C@@H](O)[C@@H](O)C[C@@H]1O. The van der Waals surface area contributed by atoms with Crippen molar-refractivity contribution < 1.29 is 20.4 Å². The summed E-state index contributed by atoms with van der Waals surface area (Å²) in [6.07, 6.45) is 11.7. The quantitative estimate of drug-likeness (QED) is 0.464. The van der Waals surface area contributed by atoms with Crippen LogP contribution in [0.25, 0.3) is 0 Å². The Morgan fingerprint density at radius 3 is 2.44 bits per heavy atom. The molecule has 0 spiro atoms. The van der Waals surface area contributed by atoms with Gasteiger partial charge in [0.25, 0.3) is 0 Å². The fourth-order valence-electron chi connectivity index (χ4n) is 6.35. The highest BCUT2D eigenvalue weighted by Crippen LogP contribution is 2.59. The van der Waals surface area contributed by atoms with Gasteiger partial charge in [0, 0.05) is 12.3 Å². The molecule has 4 nitrogen and oxygen atoms in total. The van der Waals surface area contributed by atoms with Crippen LogP contribution in [0.15, 0.2) is 47.6 Å². The summed E-state index contributed by atoms with van der Waals surface area (Å²) < 4.78 is 0. The fraction of sp³-hybridized carbons (Fsp3) is 0.714. The van der Waals surface area contributed by atoms with Crippen LogP contribution in [0.5, 0.6) is 0 Å². The number of hydrogen-bond donors (Lipinski definition) is 4. The molecule has 0 saturated heterocycles. The molecule has 0 heterocycles. The molecule has 0 aliphatic heterocycles. The number of fused-ring (bicyclic) bond motifs is 1. The van der Waals surface area contributed by atoms with E-state index in [0.717, 1.165) is 12.8 Å². The van der Waals surface area contributed by atoms with Gasteiger partial charge in [0.05, 0.1) is 17.8 Å². The molecule has 3 aliphatic rings. The highest BCUT2D eigenvalue weighted by Gasteiger charge is 2.50. The average molecular weight is 445 g/mol. The van der Waals surface area contributed by atoms with Crippen LogP contribution in [0, 0.1) is 29.1 Å². The van der Waals surface area contributed by atoms with Gasteiger partial charge in [0.15, 0.2) is 0 Å². The molecule has 3 saturated carbocycles.